The van der Waals surface area contributed by atoms with Gasteiger partial charge in [-0.05, 0) is 37.3 Å². The molecule has 0 saturated heterocycles. The van der Waals surface area contributed by atoms with Gasteiger partial charge in [-0.1, -0.05) is 48.0 Å². The predicted octanol–water partition coefficient (Wildman–Crippen LogP) is 4.66. The summed E-state index contributed by atoms with van der Waals surface area (Å²) in [6.07, 6.45) is 0. The van der Waals surface area contributed by atoms with Gasteiger partial charge in [-0.3, -0.25) is 4.79 Å². The van der Waals surface area contributed by atoms with Gasteiger partial charge in [0.15, 0.2) is 5.82 Å². The van der Waals surface area contributed by atoms with Crippen LogP contribution in [0.1, 0.15) is 15.9 Å². The number of amides is 1. The van der Waals surface area contributed by atoms with Gasteiger partial charge in [0, 0.05) is 18.4 Å². The van der Waals surface area contributed by atoms with E-state index in [2.05, 4.69) is 15.4 Å². The number of carbonyl (C=O) groups excluding carboxylic acids is 1. The molecule has 168 valence electrons. The fourth-order valence-corrected chi connectivity index (χ4v) is 3.20. The first-order valence-corrected chi connectivity index (χ1v) is 10.4. The Labute approximate surface area is 190 Å². The summed E-state index contributed by atoms with van der Waals surface area (Å²) in [7, 11) is 1.59. The second kappa shape index (κ2) is 10.1. The maximum Gasteiger partial charge on any atom is 0.336 e. The fraction of sp³-hybridized carbons (Fsp3) is 0.160. The number of aromatic nitrogens is 3. The van der Waals surface area contributed by atoms with Crippen molar-refractivity contribution in [3.05, 3.63) is 89.7 Å². The molecule has 0 saturated carbocycles. The van der Waals surface area contributed by atoms with E-state index in [1.807, 2.05) is 37.3 Å². The Morgan fingerprint density at radius 3 is 2.58 bits per heavy atom. The van der Waals surface area contributed by atoms with Crippen LogP contribution in [-0.4, -0.2) is 41.0 Å². The molecule has 0 radical (unpaired) electrons. The maximum atomic E-state index is 14.0. The van der Waals surface area contributed by atoms with Gasteiger partial charge in [0.2, 0.25) is 0 Å². The van der Waals surface area contributed by atoms with Crippen LogP contribution in [0, 0.1) is 12.7 Å². The van der Waals surface area contributed by atoms with Gasteiger partial charge in [0.05, 0.1) is 17.9 Å². The summed E-state index contributed by atoms with van der Waals surface area (Å²) in [5, 5.41) is 7.24. The largest absolute Gasteiger partial charge is 0.460 e. The number of rotatable bonds is 8. The van der Waals surface area contributed by atoms with Gasteiger partial charge in [-0.2, -0.15) is 4.98 Å². The SMILES string of the molecule is COCCOc1nc(-c2ccc(C)cc2)n(-c2cccc(NC(=O)c3ccccc3F)c2)n1. The third-order valence-electron chi connectivity index (χ3n) is 4.88. The molecule has 0 aliphatic rings. The van der Waals surface area contributed by atoms with E-state index in [1.165, 1.54) is 18.2 Å². The lowest BCUT2D eigenvalue weighted by atomic mass is 10.1. The molecule has 0 unspecified atom stereocenters. The van der Waals surface area contributed by atoms with Gasteiger partial charge in [0.1, 0.15) is 12.4 Å². The maximum absolute atomic E-state index is 14.0. The highest BCUT2D eigenvalue weighted by Gasteiger charge is 2.16. The minimum Gasteiger partial charge on any atom is -0.460 e. The van der Waals surface area contributed by atoms with Crippen LogP contribution in [-0.2, 0) is 4.74 Å². The minimum absolute atomic E-state index is 0.0298. The second-order valence-corrected chi connectivity index (χ2v) is 7.32. The third kappa shape index (κ3) is 5.24. The molecule has 1 aromatic heterocycles. The van der Waals surface area contributed by atoms with Crippen LogP contribution in [0.3, 0.4) is 0 Å². The smallest absolute Gasteiger partial charge is 0.336 e. The van der Waals surface area contributed by atoms with E-state index < -0.39 is 11.7 Å². The predicted molar refractivity (Wildman–Crippen MR) is 123 cm³/mol. The highest BCUT2D eigenvalue weighted by Crippen LogP contribution is 2.25. The molecule has 3 aromatic carbocycles. The second-order valence-electron chi connectivity index (χ2n) is 7.32. The summed E-state index contributed by atoms with van der Waals surface area (Å²) in [4.78, 5) is 17.1. The van der Waals surface area contributed by atoms with Crippen molar-refractivity contribution in [3.63, 3.8) is 0 Å². The number of hydrogen-bond acceptors (Lipinski definition) is 5. The van der Waals surface area contributed by atoms with Crippen molar-refractivity contribution >= 4 is 11.6 Å². The van der Waals surface area contributed by atoms with Gasteiger partial charge >= 0.3 is 6.01 Å². The molecule has 4 aromatic rings. The van der Waals surface area contributed by atoms with Gasteiger partial charge < -0.3 is 14.8 Å². The average molecular weight is 446 g/mol. The third-order valence-corrected chi connectivity index (χ3v) is 4.88. The van der Waals surface area contributed by atoms with Crippen LogP contribution < -0.4 is 10.1 Å². The summed E-state index contributed by atoms with van der Waals surface area (Å²) in [5.41, 5.74) is 3.10. The molecule has 8 heteroatoms. The lowest BCUT2D eigenvalue weighted by molar-refractivity contribution is 0.102. The molecule has 0 bridgehead atoms. The Kier molecular flexibility index (Phi) is 6.75. The Bertz CT molecular complexity index is 1250. The molecular formula is C25H23FN4O3. The molecule has 0 aliphatic heterocycles. The van der Waals surface area contributed by atoms with E-state index in [0.717, 1.165) is 11.1 Å². The molecule has 7 nitrogen and oxygen atoms in total. The monoisotopic (exact) mass is 446 g/mol. The first kappa shape index (κ1) is 22.2. The molecule has 1 heterocycles. The van der Waals surface area contributed by atoms with Crippen molar-refractivity contribution < 1.29 is 18.7 Å². The summed E-state index contributed by atoms with van der Waals surface area (Å²) in [5.74, 6) is -0.534. The fourth-order valence-electron chi connectivity index (χ4n) is 3.20. The molecule has 0 atom stereocenters. The number of methoxy groups -OCH3 is 1. The number of aryl methyl sites for hydroxylation is 1. The number of ether oxygens (including phenoxy) is 2. The average Bonchev–Trinajstić information content (AvgIpc) is 3.24. The first-order valence-electron chi connectivity index (χ1n) is 10.4. The first-order chi connectivity index (χ1) is 16.0. The van der Waals surface area contributed by atoms with Gasteiger partial charge in [-0.25, -0.2) is 9.07 Å². The Hall–Kier alpha value is -4.04. The normalized spacial score (nSPS) is 10.8. The highest BCUT2D eigenvalue weighted by atomic mass is 19.1. The van der Waals surface area contributed by atoms with Crippen molar-refractivity contribution in [2.45, 2.75) is 6.92 Å². The van der Waals surface area contributed by atoms with E-state index >= 15 is 0 Å². The molecule has 1 amide bonds. The molecule has 0 aliphatic carbocycles. The summed E-state index contributed by atoms with van der Waals surface area (Å²) in [6, 6.07) is 21.0. The zero-order chi connectivity index (χ0) is 23.2. The number of carbonyl (C=O) groups is 1. The van der Waals surface area contributed by atoms with Gasteiger partial charge in [-0.15, -0.1) is 5.10 Å². The van der Waals surface area contributed by atoms with E-state index in [-0.39, 0.29) is 11.6 Å². The van der Waals surface area contributed by atoms with Crippen LogP contribution >= 0.6 is 0 Å². The molecule has 0 fully saturated rings. The van der Waals surface area contributed by atoms with Crippen LogP contribution in [0.15, 0.2) is 72.8 Å². The lowest BCUT2D eigenvalue weighted by Gasteiger charge is -2.10. The van der Waals surface area contributed by atoms with E-state index in [4.69, 9.17) is 9.47 Å². The van der Waals surface area contributed by atoms with E-state index in [9.17, 15) is 9.18 Å². The van der Waals surface area contributed by atoms with Gasteiger partial charge in [0.25, 0.3) is 5.91 Å². The van der Waals surface area contributed by atoms with E-state index in [1.54, 1.807) is 36.1 Å². The number of hydrogen-bond donors (Lipinski definition) is 1. The summed E-state index contributed by atoms with van der Waals surface area (Å²) in [6.45, 7) is 2.73. The molecule has 33 heavy (non-hydrogen) atoms. The number of nitrogens with zero attached hydrogens (tertiary/aromatic N) is 3. The topological polar surface area (TPSA) is 78.3 Å². The molecule has 4 rings (SSSR count). The highest BCUT2D eigenvalue weighted by molar-refractivity contribution is 6.04. The Balaban J connectivity index is 1.67. The van der Waals surface area contributed by atoms with Crippen LogP contribution in [0.25, 0.3) is 17.1 Å². The van der Waals surface area contributed by atoms with Crippen molar-refractivity contribution in [1.29, 1.82) is 0 Å². The zero-order valence-electron chi connectivity index (χ0n) is 18.3. The van der Waals surface area contributed by atoms with Crippen LogP contribution in [0.5, 0.6) is 6.01 Å². The number of nitrogens with one attached hydrogen (secondary N) is 1. The zero-order valence-corrected chi connectivity index (χ0v) is 18.3. The number of halogens is 1. The van der Waals surface area contributed by atoms with Crippen molar-refractivity contribution in [2.24, 2.45) is 0 Å². The molecular weight excluding hydrogens is 423 g/mol. The number of benzene rings is 3. The van der Waals surface area contributed by atoms with Crippen molar-refractivity contribution in [1.82, 2.24) is 14.8 Å². The van der Waals surface area contributed by atoms with Crippen LogP contribution in [0.4, 0.5) is 10.1 Å². The number of anilines is 1. The minimum atomic E-state index is -0.582. The lowest BCUT2D eigenvalue weighted by Crippen LogP contribution is -2.14. The Morgan fingerprint density at radius 2 is 1.82 bits per heavy atom. The molecule has 1 N–H and O–H groups in total. The van der Waals surface area contributed by atoms with E-state index in [0.29, 0.717) is 30.4 Å². The van der Waals surface area contributed by atoms with Crippen molar-refractivity contribution in [3.8, 4) is 23.1 Å². The van der Waals surface area contributed by atoms with Crippen molar-refractivity contribution in [2.75, 3.05) is 25.6 Å². The summed E-state index contributed by atoms with van der Waals surface area (Å²) >= 11 is 0. The quantitative estimate of drug-likeness (QED) is 0.398. The van der Waals surface area contributed by atoms with Crippen LogP contribution in [0.2, 0.25) is 0 Å². The molecule has 0 spiro atoms. The standard InChI is InChI=1S/C25H23FN4O3/c1-17-10-12-18(13-11-17)23-28-25(33-15-14-32-2)29-30(23)20-7-5-6-19(16-20)27-24(31)21-8-3-4-9-22(21)26/h3-13,16H,14-15H2,1-2H3,(H,27,31). The Morgan fingerprint density at radius 1 is 1.03 bits per heavy atom. The summed E-state index contributed by atoms with van der Waals surface area (Å²) < 4.78 is 26.3.